The summed E-state index contributed by atoms with van der Waals surface area (Å²) in [6.45, 7) is 5.54. The molecule has 1 amide bonds. The van der Waals surface area contributed by atoms with Crippen molar-refractivity contribution in [2.45, 2.75) is 31.8 Å². The molecule has 144 valence electrons. The van der Waals surface area contributed by atoms with Gasteiger partial charge in [-0.05, 0) is 37.6 Å². The van der Waals surface area contributed by atoms with Gasteiger partial charge in [0.1, 0.15) is 23.6 Å². The first-order chi connectivity index (χ1) is 13.0. The largest absolute Gasteiger partial charge is 0.321 e. The maximum atomic E-state index is 14.0. The standard InChI is InChI=1S/C21H24F2N2OS/c1-15(2)24(13-17-5-3-4-6-19(17)23)14-20(26)25-11-12-27-21(25)16-7-9-18(22)10-8-16/h3-10,15,21H,11-14H2,1-2H3/p+1/t21-/m0/s1. The van der Waals surface area contributed by atoms with Gasteiger partial charge in [0.05, 0.1) is 6.04 Å². The van der Waals surface area contributed by atoms with E-state index in [0.717, 1.165) is 16.2 Å². The number of halogens is 2. The molecule has 6 heteroatoms. The summed E-state index contributed by atoms with van der Waals surface area (Å²) in [6.07, 6.45) is 0. The lowest BCUT2D eigenvalue weighted by Crippen LogP contribution is -3.14. The van der Waals surface area contributed by atoms with Crippen LogP contribution in [-0.2, 0) is 11.3 Å². The van der Waals surface area contributed by atoms with Crippen LogP contribution in [0.4, 0.5) is 8.78 Å². The fraction of sp³-hybridized carbons (Fsp3) is 0.381. The van der Waals surface area contributed by atoms with Crippen LogP contribution >= 0.6 is 11.8 Å². The van der Waals surface area contributed by atoms with Gasteiger partial charge in [-0.15, -0.1) is 11.8 Å². The number of nitrogens with one attached hydrogen (secondary N) is 1. The zero-order valence-corrected chi connectivity index (χ0v) is 16.4. The van der Waals surface area contributed by atoms with E-state index in [0.29, 0.717) is 25.2 Å². The van der Waals surface area contributed by atoms with Crippen molar-refractivity contribution < 1.29 is 18.5 Å². The van der Waals surface area contributed by atoms with E-state index in [9.17, 15) is 13.6 Å². The summed E-state index contributed by atoms with van der Waals surface area (Å²) in [6, 6.07) is 13.3. The third-order valence-corrected chi connectivity index (χ3v) is 6.20. The first-order valence-corrected chi connectivity index (χ1v) is 10.2. The summed E-state index contributed by atoms with van der Waals surface area (Å²) in [4.78, 5) is 15.9. The Hall–Kier alpha value is -1.92. The molecule has 1 unspecified atom stereocenters. The molecule has 0 bridgehead atoms. The second-order valence-corrected chi connectivity index (χ2v) is 8.31. The molecule has 1 heterocycles. The highest BCUT2D eigenvalue weighted by Gasteiger charge is 2.33. The third kappa shape index (κ3) is 4.87. The predicted octanol–water partition coefficient (Wildman–Crippen LogP) is 3.03. The van der Waals surface area contributed by atoms with Crippen LogP contribution < -0.4 is 4.90 Å². The molecule has 1 fully saturated rings. The van der Waals surface area contributed by atoms with Crippen molar-refractivity contribution in [1.29, 1.82) is 0 Å². The van der Waals surface area contributed by atoms with E-state index in [1.807, 2.05) is 24.8 Å². The first-order valence-electron chi connectivity index (χ1n) is 9.20. The summed E-state index contributed by atoms with van der Waals surface area (Å²) >= 11 is 1.69. The molecule has 1 aliphatic heterocycles. The van der Waals surface area contributed by atoms with E-state index in [4.69, 9.17) is 0 Å². The Morgan fingerprint density at radius 1 is 1.19 bits per heavy atom. The van der Waals surface area contributed by atoms with Gasteiger partial charge in [0.15, 0.2) is 6.54 Å². The van der Waals surface area contributed by atoms with Crippen molar-refractivity contribution in [3.8, 4) is 0 Å². The molecule has 0 aliphatic carbocycles. The number of carbonyl (C=O) groups is 1. The SMILES string of the molecule is CC(C)[NH+](CC(=O)N1CCS[C@H]1c1ccc(F)cc1)Cc1ccccc1F. The molecular weight excluding hydrogens is 366 g/mol. The van der Waals surface area contributed by atoms with Crippen molar-refractivity contribution in [1.82, 2.24) is 4.90 Å². The van der Waals surface area contributed by atoms with E-state index in [1.165, 1.54) is 18.2 Å². The zero-order chi connectivity index (χ0) is 19.4. The smallest absolute Gasteiger partial charge is 0.278 e. The average Bonchev–Trinajstić information content (AvgIpc) is 3.13. The number of thioether (sulfide) groups is 1. The molecule has 3 rings (SSSR count). The minimum Gasteiger partial charge on any atom is -0.321 e. The zero-order valence-electron chi connectivity index (χ0n) is 15.6. The summed E-state index contributed by atoms with van der Waals surface area (Å²) in [5.41, 5.74) is 1.56. The Balaban J connectivity index is 1.71. The lowest BCUT2D eigenvalue weighted by Gasteiger charge is -2.28. The number of nitrogens with zero attached hydrogens (tertiary/aromatic N) is 1. The van der Waals surface area contributed by atoms with E-state index >= 15 is 0 Å². The van der Waals surface area contributed by atoms with E-state index in [-0.39, 0.29) is 29.0 Å². The Labute approximate surface area is 163 Å². The molecule has 1 N–H and O–H groups in total. The van der Waals surface area contributed by atoms with E-state index < -0.39 is 0 Å². The lowest BCUT2D eigenvalue weighted by atomic mass is 10.1. The third-order valence-electron chi connectivity index (χ3n) is 4.94. The van der Waals surface area contributed by atoms with Crippen LogP contribution in [0.15, 0.2) is 48.5 Å². The highest BCUT2D eigenvalue weighted by atomic mass is 32.2. The van der Waals surface area contributed by atoms with Gasteiger partial charge in [-0.25, -0.2) is 8.78 Å². The molecule has 0 saturated carbocycles. The van der Waals surface area contributed by atoms with Crippen LogP contribution in [0, 0.1) is 11.6 Å². The molecule has 2 atom stereocenters. The Bertz CT molecular complexity index is 782. The van der Waals surface area contributed by atoms with E-state index in [2.05, 4.69) is 0 Å². The number of hydrogen-bond acceptors (Lipinski definition) is 2. The van der Waals surface area contributed by atoms with Crippen LogP contribution in [0.1, 0.15) is 30.3 Å². The summed E-state index contributed by atoms with van der Waals surface area (Å²) in [5, 5.41) is -0.0834. The van der Waals surface area contributed by atoms with Crippen molar-refractivity contribution in [3.63, 3.8) is 0 Å². The summed E-state index contributed by atoms with van der Waals surface area (Å²) in [5.74, 6) is 0.399. The molecule has 2 aromatic rings. The summed E-state index contributed by atoms with van der Waals surface area (Å²) < 4.78 is 27.2. The van der Waals surface area contributed by atoms with Gasteiger partial charge in [-0.3, -0.25) is 4.79 Å². The normalized spacial score (nSPS) is 18.1. The summed E-state index contributed by atoms with van der Waals surface area (Å²) in [7, 11) is 0. The number of benzene rings is 2. The highest BCUT2D eigenvalue weighted by Crippen LogP contribution is 2.37. The van der Waals surface area contributed by atoms with Crippen LogP contribution in [0.25, 0.3) is 0 Å². The van der Waals surface area contributed by atoms with Crippen LogP contribution in [0.3, 0.4) is 0 Å². The van der Waals surface area contributed by atoms with Crippen molar-refractivity contribution in [3.05, 3.63) is 71.3 Å². The molecule has 2 aromatic carbocycles. The molecular formula is C21H25F2N2OS+. The van der Waals surface area contributed by atoms with E-state index in [1.54, 1.807) is 36.0 Å². The number of quaternary nitrogens is 1. The van der Waals surface area contributed by atoms with Gasteiger partial charge in [-0.1, -0.05) is 30.3 Å². The molecule has 0 radical (unpaired) electrons. The first kappa shape index (κ1) is 19.8. The maximum absolute atomic E-state index is 14.0. The fourth-order valence-electron chi connectivity index (χ4n) is 3.28. The van der Waals surface area contributed by atoms with Gasteiger partial charge in [0.25, 0.3) is 5.91 Å². The molecule has 0 aromatic heterocycles. The average molecular weight is 392 g/mol. The Morgan fingerprint density at radius 2 is 1.89 bits per heavy atom. The topological polar surface area (TPSA) is 24.8 Å². The van der Waals surface area contributed by atoms with Gasteiger partial charge in [-0.2, -0.15) is 0 Å². The molecule has 27 heavy (non-hydrogen) atoms. The van der Waals surface area contributed by atoms with Gasteiger partial charge in [0.2, 0.25) is 0 Å². The van der Waals surface area contributed by atoms with Crippen LogP contribution in [0.2, 0.25) is 0 Å². The van der Waals surface area contributed by atoms with Crippen molar-refractivity contribution >= 4 is 17.7 Å². The predicted molar refractivity (Wildman–Crippen MR) is 104 cm³/mol. The van der Waals surface area contributed by atoms with Crippen molar-refractivity contribution in [2.24, 2.45) is 0 Å². The second-order valence-electron chi connectivity index (χ2n) is 7.12. The number of amides is 1. The lowest BCUT2D eigenvalue weighted by molar-refractivity contribution is -0.927. The monoisotopic (exact) mass is 391 g/mol. The minimum absolute atomic E-state index is 0.0503. The Morgan fingerprint density at radius 3 is 2.56 bits per heavy atom. The fourth-order valence-corrected chi connectivity index (χ4v) is 4.56. The van der Waals surface area contributed by atoms with Crippen LogP contribution in [0.5, 0.6) is 0 Å². The van der Waals surface area contributed by atoms with Gasteiger partial charge in [0, 0.05) is 17.9 Å². The molecule has 1 aliphatic rings. The second kappa shape index (κ2) is 8.85. The maximum Gasteiger partial charge on any atom is 0.278 e. The quantitative estimate of drug-likeness (QED) is 0.819. The number of carbonyl (C=O) groups excluding carboxylic acids is 1. The highest BCUT2D eigenvalue weighted by molar-refractivity contribution is 7.99. The molecule has 0 spiro atoms. The van der Waals surface area contributed by atoms with Gasteiger partial charge < -0.3 is 9.80 Å². The number of hydrogen-bond donors (Lipinski definition) is 1. The Kier molecular flexibility index (Phi) is 6.50. The van der Waals surface area contributed by atoms with Crippen LogP contribution in [-0.4, -0.2) is 35.7 Å². The molecule has 3 nitrogen and oxygen atoms in total. The minimum atomic E-state index is -0.278. The molecule has 1 saturated heterocycles. The number of rotatable bonds is 6. The van der Waals surface area contributed by atoms with Crippen molar-refractivity contribution in [2.75, 3.05) is 18.8 Å². The van der Waals surface area contributed by atoms with Gasteiger partial charge >= 0.3 is 0 Å².